The molecule has 1 heterocycles. The van der Waals surface area contributed by atoms with E-state index < -0.39 is 15.2 Å². The van der Waals surface area contributed by atoms with Gasteiger partial charge < -0.3 is 5.32 Å². The van der Waals surface area contributed by atoms with Gasteiger partial charge in [-0.15, -0.1) is 0 Å². The Morgan fingerprint density at radius 1 is 0.895 bits per heavy atom. The van der Waals surface area contributed by atoms with Gasteiger partial charge in [-0.1, -0.05) is 36.4 Å². The Bertz CT molecular complexity index is 738. The second-order valence-electron chi connectivity index (χ2n) is 4.30. The third-order valence-corrected chi connectivity index (χ3v) is 5.05. The van der Waals surface area contributed by atoms with Crippen molar-refractivity contribution in [2.75, 3.05) is 0 Å². The van der Waals surface area contributed by atoms with Crippen molar-refractivity contribution in [3.8, 4) is 0 Å². The lowest BCUT2D eigenvalue weighted by atomic mass is 10.1. The van der Waals surface area contributed by atoms with Crippen molar-refractivity contribution in [2.24, 2.45) is 0 Å². The van der Waals surface area contributed by atoms with Crippen molar-refractivity contribution in [3.63, 3.8) is 0 Å². The maximum Gasteiger partial charge on any atom is 0.252 e. The summed E-state index contributed by atoms with van der Waals surface area (Å²) in [5, 5.41) is 1.53. The fourth-order valence-electron chi connectivity index (χ4n) is 2.20. The molecule has 5 heteroatoms. The molecule has 0 spiro atoms. The number of carbonyl (C=O) groups is 1. The highest BCUT2D eigenvalue weighted by Crippen LogP contribution is 2.33. The molecule has 0 aromatic heterocycles. The third kappa shape index (κ3) is 1.82. The van der Waals surface area contributed by atoms with Gasteiger partial charge in [0.25, 0.3) is 5.91 Å². The lowest BCUT2D eigenvalue weighted by Gasteiger charge is -2.13. The lowest BCUT2D eigenvalue weighted by Crippen LogP contribution is -2.26. The van der Waals surface area contributed by atoms with Gasteiger partial charge in [-0.05, 0) is 18.2 Å². The normalized spacial score (nSPS) is 17.9. The van der Waals surface area contributed by atoms with E-state index in [0.29, 0.717) is 11.1 Å². The summed E-state index contributed by atoms with van der Waals surface area (Å²) in [6, 6.07) is 14.9. The molecule has 1 amide bonds. The van der Waals surface area contributed by atoms with Gasteiger partial charge in [-0.2, -0.15) is 0 Å². The summed E-state index contributed by atoms with van der Waals surface area (Å²) in [6.07, 6.45) is 0. The van der Waals surface area contributed by atoms with Crippen molar-refractivity contribution >= 4 is 15.7 Å². The predicted octanol–water partition coefficient (Wildman–Crippen LogP) is 1.90. The Labute approximate surface area is 111 Å². The van der Waals surface area contributed by atoms with Crippen molar-refractivity contribution in [1.29, 1.82) is 0 Å². The number of amides is 1. The van der Waals surface area contributed by atoms with Gasteiger partial charge in [0, 0.05) is 11.1 Å². The fraction of sp³-hybridized carbons (Fsp3) is 0.0714. The lowest BCUT2D eigenvalue weighted by molar-refractivity contribution is 0.0963. The molecule has 0 bridgehead atoms. The molecular formula is C14H11NO3S. The van der Waals surface area contributed by atoms with Crippen molar-refractivity contribution < 1.29 is 13.2 Å². The number of fused-ring (bicyclic) bond motifs is 1. The topological polar surface area (TPSA) is 63.2 Å². The first-order chi connectivity index (χ1) is 9.10. The molecule has 96 valence electrons. The predicted molar refractivity (Wildman–Crippen MR) is 70.3 cm³/mol. The van der Waals surface area contributed by atoms with Crippen LogP contribution in [0.25, 0.3) is 0 Å². The molecule has 0 saturated heterocycles. The Balaban J connectivity index is 2.13. The molecule has 0 fully saturated rings. The Hall–Kier alpha value is -2.14. The zero-order valence-electron chi connectivity index (χ0n) is 9.91. The van der Waals surface area contributed by atoms with E-state index in [1.165, 1.54) is 12.1 Å². The maximum absolute atomic E-state index is 12.5. The standard InChI is InChI=1S/C14H11NO3S/c16-13-11-8-4-5-9-12(11)14(15-13)19(17,18)10-6-2-1-3-7-10/h1-9,14H,(H,15,16)/t14-/m0/s1. The average molecular weight is 273 g/mol. The van der Waals surface area contributed by atoms with Crippen LogP contribution in [0.5, 0.6) is 0 Å². The first-order valence-electron chi connectivity index (χ1n) is 5.79. The van der Waals surface area contributed by atoms with Crippen LogP contribution in [0.4, 0.5) is 0 Å². The quantitative estimate of drug-likeness (QED) is 0.909. The van der Waals surface area contributed by atoms with E-state index in [4.69, 9.17) is 0 Å². The largest absolute Gasteiger partial charge is 0.331 e. The molecule has 1 aliphatic rings. The highest BCUT2D eigenvalue weighted by molar-refractivity contribution is 7.91. The smallest absolute Gasteiger partial charge is 0.252 e. The first-order valence-corrected chi connectivity index (χ1v) is 7.34. The van der Waals surface area contributed by atoms with E-state index >= 15 is 0 Å². The van der Waals surface area contributed by atoms with Gasteiger partial charge in [0.2, 0.25) is 9.84 Å². The molecule has 4 nitrogen and oxygen atoms in total. The van der Waals surface area contributed by atoms with E-state index in [0.717, 1.165) is 0 Å². The van der Waals surface area contributed by atoms with Crippen LogP contribution in [0.1, 0.15) is 21.3 Å². The summed E-state index contributed by atoms with van der Waals surface area (Å²) in [4.78, 5) is 12.0. The highest BCUT2D eigenvalue weighted by atomic mass is 32.2. The van der Waals surface area contributed by atoms with Crippen molar-refractivity contribution in [2.45, 2.75) is 10.3 Å². The fourth-order valence-corrected chi connectivity index (χ4v) is 3.81. The van der Waals surface area contributed by atoms with Gasteiger partial charge in [-0.3, -0.25) is 4.79 Å². The second-order valence-corrected chi connectivity index (χ2v) is 6.33. The number of benzene rings is 2. The van der Waals surface area contributed by atoms with E-state index in [1.807, 2.05) is 0 Å². The zero-order valence-corrected chi connectivity index (χ0v) is 10.7. The van der Waals surface area contributed by atoms with E-state index in [9.17, 15) is 13.2 Å². The summed E-state index contributed by atoms with van der Waals surface area (Å²) in [5.74, 6) is -0.347. The SMILES string of the molecule is O=C1N[C@@H](S(=O)(=O)c2ccccc2)c2ccccc21. The van der Waals surface area contributed by atoms with Gasteiger partial charge in [-0.25, -0.2) is 8.42 Å². The van der Waals surface area contributed by atoms with Crippen molar-refractivity contribution in [3.05, 3.63) is 65.7 Å². The van der Waals surface area contributed by atoms with E-state index in [-0.39, 0.29) is 10.8 Å². The number of sulfone groups is 1. The van der Waals surface area contributed by atoms with Gasteiger partial charge in [0.1, 0.15) is 0 Å². The van der Waals surface area contributed by atoms with Crippen LogP contribution < -0.4 is 5.32 Å². The van der Waals surface area contributed by atoms with Crippen LogP contribution in [0.3, 0.4) is 0 Å². The van der Waals surface area contributed by atoms with Crippen LogP contribution in [0.15, 0.2) is 59.5 Å². The highest BCUT2D eigenvalue weighted by Gasteiger charge is 2.38. The van der Waals surface area contributed by atoms with Crippen molar-refractivity contribution in [1.82, 2.24) is 5.32 Å². The number of rotatable bonds is 2. The molecule has 2 aromatic rings. The van der Waals surface area contributed by atoms with Crippen LogP contribution in [0, 0.1) is 0 Å². The second kappa shape index (κ2) is 4.20. The molecule has 3 rings (SSSR count). The molecule has 0 aliphatic carbocycles. The van der Waals surface area contributed by atoms with Gasteiger partial charge in [0.15, 0.2) is 5.37 Å². The van der Waals surface area contributed by atoms with E-state index in [2.05, 4.69) is 5.32 Å². The van der Waals surface area contributed by atoms with Crippen LogP contribution in [-0.4, -0.2) is 14.3 Å². The molecule has 1 aliphatic heterocycles. The first kappa shape index (κ1) is 11.9. The number of nitrogens with one attached hydrogen (secondary N) is 1. The molecule has 1 N–H and O–H groups in total. The Morgan fingerprint density at radius 3 is 2.26 bits per heavy atom. The monoisotopic (exact) mass is 273 g/mol. The molecule has 19 heavy (non-hydrogen) atoms. The molecule has 0 saturated carbocycles. The Kier molecular flexibility index (Phi) is 2.64. The molecule has 2 aromatic carbocycles. The number of hydrogen-bond acceptors (Lipinski definition) is 3. The summed E-state index contributed by atoms with van der Waals surface area (Å²) in [7, 11) is -3.62. The molecule has 0 radical (unpaired) electrons. The number of hydrogen-bond donors (Lipinski definition) is 1. The minimum atomic E-state index is -3.62. The Morgan fingerprint density at radius 2 is 1.53 bits per heavy atom. The number of carbonyl (C=O) groups excluding carboxylic acids is 1. The zero-order chi connectivity index (χ0) is 13.5. The van der Waals surface area contributed by atoms with Gasteiger partial charge >= 0.3 is 0 Å². The third-order valence-electron chi connectivity index (χ3n) is 3.13. The summed E-state index contributed by atoms with van der Waals surface area (Å²) >= 11 is 0. The molecular weight excluding hydrogens is 262 g/mol. The van der Waals surface area contributed by atoms with Crippen LogP contribution in [0.2, 0.25) is 0 Å². The summed E-state index contributed by atoms with van der Waals surface area (Å²) < 4.78 is 25.1. The summed E-state index contributed by atoms with van der Waals surface area (Å²) in [6.45, 7) is 0. The minimum absolute atomic E-state index is 0.206. The van der Waals surface area contributed by atoms with Gasteiger partial charge in [0.05, 0.1) is 4.90 Å². The minimum Gasteiger partial charge on any atom is -0.331 e. The van der Waals surface area contributed by atoms with E-state index in [1.54, 1.807) is 42.5 Å². The maximum atomic E-state index is 12.5. The summed E-state index contributed by atoms with van der Waals surface area (Å²) in [5.41, 5.74) is 0.934. The average Bonchev–Trinajstić information content (AvgIpc) is 2.79. The molecule has 0 unspecified atom stereocenters. The van der Waals surface area contributed by atoms with Crippen LogP contribution >= 0.6 is 0 Å². The van der Waals surface area contributed by atoms with Crippen LogP contribution in [-0.2, 0) is 9.84 Å². The molecule has 1 atom stereocenters.